The molecule has 1 aliphatic rings. The first-order chi connectivity index (χ1) is 6.18. The fourth-order valence-electron chi connectivity index (χ4n) is 1.96. The molecule has 0 saturated heterocycles. The fraction of sp³-hybridized carbons (Fsp3) is 0.600. The van der Waals surface area contributed by atoms with E-state index in [0.717, 1.165) is 5.69 Å². The summed E-state index contributed by atoms with van der Waals surface area (Å²) in [6.45, 7) is 4.43. The molecule has 3 heteroatoms. The molecule has 0 spiro atoms. The summed E-state index contributed by atoms with van der Waals surface area (Å²) in [6.07, 6.45) is 2.45. The molecule has 0 aliphatic heterocycles. The van der Waals surface area contributed by atoms with E-state index in [9.17, 15) is 0 Å². The van der Waals surface area contributed by atoms with Crippen molar-refractivity contribution in [2.75, 3.05) is 0 Å². The third-order valence-corrected chi connectivity index (χ3v) is 3.04. The molecule has 0 saturated carbocycles. The third-order valence-electron chi connectivity index (χ3n) is 2.85. The maximum absolute atomic E-state index is 5.82. The largest absolute Gasteiger partial charge is 0.154 e. The summed E-state index contributed by atoms with van der Waals surface area (Å²) in [6, 6.07) is 1.96. The molecular formula is C10H13ClN2. The van der Waals surface area contributed by atoms with Gasteiger partial charge in [0.1, 0.15) is 0 Å². The van der Waals surface area contributed by atoms with Gasteiger partial charge in [-0.25, -0.2) is 0 Å². The molecule has 2 atom stereocenters. The van der Waals surface area contributed by atoms with Crippen molar-refractivity contribution >= 4 is 11.6 Å². The second-order valence-electron chi connectivity index (χ2n) is 3.89. The third kappa shape index (κ3) is 1.55. The highest BCUT2D eigenvalue weighted by molar-refractivity contribution is 6.29. The van der Waals surface area contributed by atoms with Crippen LogP contribution in [-0.2, 0) is 0 Å². The second kappa shape index (κ2) is 3.26. The smallest absolute Gasteiger partial charge is 0.152 e. The molecule has 0 amide bonds. The van der Waals surface area contributed by atoms with Gasteiger partial charge in [-0.05, 0) is 30.4 Å². The lowest BCUT2D eigenvalue weighted by Gasteiger charge is -2.25. The number of aromatic nitrogens is 2. The first kappa shape index (κ1) is 8.95. The molecule has 1 aromatic heterocycles. The average molecular weight is 197 g/mol. The zero-order chi connectivity index (χ0) is 9.42. The van der Waals surface area contributed by atoms with E-state index in [-0.39, 0.29) is 0 Å². The molecule has 1 heterocycles. The summed E-state index contributed by atoms with van der Waals surface area (Å²) in [7, 11) is 0. The summed E-state index contributed by atoms with van der Waals surface area (Å²) < 4.78 is 0. The molecule has 13 heavy (non-hydrogen) atoms. The molecule has 0 aromatic carbocycles. The average Bonchev–Trinajstić information content (AvgIpc) is 2.12. The molecule has 1 aliphatic carbocycles. The van der Waals surface area contributed by atoms with Gasteiger partial charge >= 0.3 is 0 Å². The Morgan fingerprint density at radius 1 is 1.23 bits per heavy atom. The van der Waals surface area contributed by atoms with Crippen LogP contribution in [0.5, 0.6) is 0 Å². The van der Waals surface area contributed by atoms with Gasteiger partial charge < -0.3 is 0 Å². The predicted octanol–water partition coefficient (Wildman–Crippen LogP) is 3.13. The van der Waals surface area contributed by atoms with E-state index in [0.29, 0.717) is 17.0 Å². The van der Waals surface area contributed by atoms with Gasteiger partial charge in [0.2, 0.25) is 0 Å². The number of nitrogens with zero attached hydrogens (tertiary/aromatic N) is 2. The Bertz CT molecular complexity index is 325. The van der Waals surface area contributed by atoms with Gasteiger partial charge in [-0.3, -0.25) is 0 Å². The van der Waals surface area contributed by atoms with E-state index in [1.54, 1.807) is 0 Å². The Morgan fingerprint density at radius 3 is 2.69 bits per heavy atom. The summed E-state index contributed by atoms with van der Waals surface area (Å²) in [5.74, 6) is 1.12. The monoisotopic (exact) mass is 196 g/mol. The minimum absolute atomic E-state index is 0.514. The van der Waals surface area contributed by atoms with Crippen LogP contribution in [0.3, 0.4) is 0 Å². The molecule has 2 rings (SSSR count). The van der Waals surface area contributed by atoms with Crippen molar-refractivity contribution < 1.29 is 0 Å². The van der Waals surface area contributed by atoms with Crippen molar-refractivity contribution in [3.63, 3.8) is 0 Å². The molecule has 2 unspecified atom stereocenters. The summed E-state index contributed by atoms with van der Waals surface area (Å²) in [5, 5.41) is 8.57. The van der Waals surface area contributed by atoms with E-state index < -0.39 is 0 Å². The normalized spacial score (nSPS) is 27.0. The van der Waals surface area contributed by atoms with Crippen molar-refractivity contribution in [1.29, 1.82) is 0 Å². The number of hydrogen-bond donors (Lipinski definition) is 0. The van der Waals surface area contributed by atoms with E-state index >= 15 is 0 Å². The maximum Gasteiger partial charge on any atom is 0.152 e. The number of hydrogen-bond acceptors (Lipinski definition) is 2. The molecule has 0 N–H and O–H groups in total. The van der Waals surface area contributed by atoms with Gasteiger partial charge in [-0.1, -0.05) is 25.4 Å². The Kier molecular flexibility index (Phi) is 2.24. The summed E-state index contributed by atoms with van der Waals surface area (Å²) in [5.41, 5.74) is 2.43. The van der Waals surface area contributed by atoms with Gasteiger partial charge in [0.05, 0.1) is 5.69 Å². The van der Waals surface area contributed by atoms with Crippen molar-refractivity contribution in [3.05, 3.63) is 22.5 Å². The highest BCUT2D eigenvalue weighted by atomic mass is 35.5. The van der Waals surface area contributed by atoms with Crippen molar-refractivity contribution in [3.8, 4) is 0 Å². The zero-order valence-electron chi connectivity index (χ0n) is 7.92. The highest BCUT2D eigenvalue weighted by Gasteiger charge is 2.23. The lowest BCUT2D eigenvalue weighted by molar-refractivity contribution is 0.508. The predicted molar refractivity (Wildman–Crippen MR) is 53.1 cm³/mol. The molecule has 0 radical (unpaired) electrons. The fourth-order valence-corrected chi connectivity index (χ4v) is 2.12. The first-order valence-corrected chi connectivity index (χ1v) is 5.09. The van der Waals surface area contributed by atoms with Gasteiger partial charge in [-0.2, -0.15) is 5.10 Å². The lowest BCUT2D eigenvalue weighted by atomic mass is 9.82. The standard InChI is InChI=1S/C10H13ClN2/c1-6-3-4-7(2)10-8(6)5-9(11)12-13-10/h5-7H,3-4H2,1-2H3. The van der Waals surface area contributed by atoms with Crippen molar-refractivity contribution in [2.45, 2.75) is 38.5 Å². The first-order valence-electron chi connectivity index (χ1n) is 4.71. The molecule has 2 nitrogen and oxygen atoms in total. The zero-order valence-corrected chi connectivity index (χ0v) is 8.67. The highest BCUT2D eigenvalue weighted by Crippen LogP contribution is 2.37. The van der Waals surface area contributed by atoms with E-state index in [1.165, 1.54) is 18.4 Å². The Labute approximate surface area is 83.3 Å². The SMILES string of the molecule is CC1CCC(C)c2nnc(Cl)cc21. The van der Waals surface area contributed by atoms with Crippen LogP contribution in [0.15, 0.2) is 6.07 Å². The van der Waals surface area contributed by atoms with Crippen LogP contribution in [0, 0.1) is 0 Å². The molecule has 70 valence electrons. The van der Waals surface area contributed by atoms with Crippen LogP contribution in [0.25, 0.3) is 0 Å². The van der Waals surface area contributed by atoms with Gasteiger partial charge in [-0.15, -0.1) is 5.10 Å². The minimum atomic E-state index is 0.514. The second-order valence-corrected chi connectivity index (χ2v) is 4.27. The molecule has 1 aromatic rings. The lowest BCUT2D eigenvalue weighted by Crippen LogP contribution is -2.13. The van der Waals surface area contributed by atoms with Gasteiger partial charge in [0.25, 0.3) is 0 Å². The quantitative estimate of drug-likeness (QED) is 0.637. The van der Waals surface area contributed by atoms with E-state index in [4.69, 9.17) is 11.6 Å². The van der Waals surface area contributed by atoms with E-state index in [1.807, 2.05) is 6.07 Å². The summed E-state index contributed by atoms with van der Waals surface area (Å²) in [4.78, 5) is 0. The number of halogens is 1. The topological polar surface area (TPSA) is 25.8 Å². The minimum Gasteiger partial charge on any atom is -0.154 e. The maximum atomic E-state index is 5.82. The van der Waals surface area contributed by atoms with Crippen LogP contribution in [0.1, 0.15) is 49.8 Å². The molecule has 0 fully saturated rings. The Balaban J connectivity index is 2.50. The molecular weight excluding hydrogens is 184 g/mol. The summed E-state index contributed by atoms with van der Waals surface area (Å²) >= 11 is 5.82. The Hall–Kier alpha value is -0.630. The van der Waals surface area contributed by atoms with E-state index in [2.05, 4.69) is 24.0 Å². The van der Waals surface area contributed by atoms with Crippen LogP contribution in [0.2, 0.25) is 5.15 Å². The molecule has 0 bridgehead atoms. The van der Waals surface area contributed by atoms with Crippen molar-refractivity contribution in [2.24, 2.45) is 0 Å². The van der Waals surface area contributed by atoms with Crippen molar-refractivity contribution in [1.82, 2.24) is 10.2 Å². The number of fused-ring (bicyclic) bond motifs is 1. The van der Waals surface area contributed by atoms with Crippen LogP contribution in [-0.4, -0.2) is 10.2 Å². The van der Waals surface area contributed by atoms with Gasteiger partial charge in [0, 0.05) is 5.92 Å². The van der Waals surface area contributed by atoms with Crippen LogP contribution in [0.4, 0.5) is 0 Å². The van der Waals surface area contributed by atoms with Gasteiger partial charge in [0.15, 0.2) is 5.15 Å². The van der Waals surface area contributed by atoms with Crippen LogP contribution >= 0.6 is 11.6 Å². The van der Waals surface area contributed by atoms with Crippen LogP contribution < -0.4 is 0 Å². The number of rotatable bonds is 0. The Morgan fingerprint density at radius 2 is 1.92 bits per heavy atom.